The maximum Gasteiger partial charge on any atom is 0.254 e. The van der Waals surface area contributed by atoms with Crippen LogP contribution in [0, 0.1) is 5.82 Å². The minimum Gasteiger partial charge on any atom is -0.352 e. The van der Waals surface area contributed by atoms with Crippen molar-refractivity contribution in [1.82, 2.24) is 10.6 Å². The molecule has 2 N–H and O–H groups in total. The second kappa shape index (κ2) is 6.60. The van der Waals surface area contributed by atoms with E-state index in [0.717, 1.165) is 13.0 Å². The molecule has 0 aromatic heterocycles. The van der Waals surface area contributed by atoms with E-state index in [1.807, 2.05) is 7.05 Å². The number of carbonyl (C=O) groups is 1. The summed E-state index contributed by atoms with van der Waals surface area (Å²) >= 11 is 3.20. The molecule has 0 bridgehead atoms. The molecular weight excluding hydrogens is 275 g/mol. The van der Waals surface area contributed by atoms with E-state index in [1.165, 1.54) is 12.1 Å². The number of amides is 1. The summed E-state index contributed by atoms with van der Waals surface area (Å²) in [5.41, 5.74) is 0.0684. The fourth-order valence-corrected chi connectivity index (χ4v) is 1.59. The van der Waals surface area contributed by atoms with Crippen LogP contribution in [-0.4, -0.2) is 26.0 Å². The van der Waals surface area contributed by atoms with E-state index < -0.39 is 5.82 Å². The van der Waals surface area contributed by atoms with Gasteiger partial charge in [-0.15, -0.1) is 0 Å². The largest absolute Gasteiger partial charge is 0.352 e. The summed E-state index contributed by atoms with van der Waals surface area (Å²) in [7, 11) is 1.84. The normalized spacial score (nSPS) is 10.2. The van der Waals surface area contributed by atoms with Crippen LogP contribution in [0.5, 0.6) is 0 Å². The summed E-state index contributed by atoms with van der Waals surface area (Å²) in [6.45, 7) is 1.35. The molecule has 0 spiro atoms. The standard InChI is InChI=1S/C11H14BrFN2O/c1-14-5-2-6-15-11(16)9-7-8(12)3-4-10(9)13/h3-4,7,14H,2,5-6H2,1H3,(H,15,16). The highest BCUT2D eigenvalue weighted by molar-refractivity contribution is 9.10. The van der Waals surface area contributed by atoms with Crippen LogP contribution in [0.15, 0.2) is 22.7 Å². The van der Waals surface area contributed by atoms with Gasteiger partial charge in [-0.25, -0.2) is 4.39 Å². The molecule has 0 saturated heterocycles. The van der Waals surface area contributed by atoms with Crippen molar-refractivity contribution in [3.63, 3.8) is 0 Å². The van der Waals surface area contributed by atoms with E-state index in [4.69, 9.17) is 0 Å². The number of hydrogen-bond acceptors (Lipinski definition) is 2. The Hall–Kier alpha value is -0.940. The Labute approximate surface area is 103 Å². The lowest BCUT2D eigenvalue weighted by atomic mass is 10.2. The number of carbonyl (C=O) groups excluding carboxylic acids is 1. The topological polar surface area (TPSA) is 41.1 Å². The highest BCUT2D eigenvalue weighted by atomic mass is 79.9. The predicted molar refractivity (Wildman–Crippen MR) is 65.0 cm³/mol. The third-order valence-corrected chi connectivity index (χ3v) is 2.56. The Morgan fingerprint density at radius 2 is 2.19 bits per heavy atom. The van der Waals surface area contributed by atoms with Gasteiger partial charge >= 0.3 is 0 Å². The maximum atomic E-state index is 13.3. The van der Waals surface area contributed by atoms with E-state index in [1.54, 1.807) is 6.07 Å². The second-order valence-corrected chi connectivity index (χ2v) is 4.25. The van der Waals surface area contributed by atoms with Crippen molar-refractivity contribution < 1.29 is 9.18 Å². The van der Waals surface area contributed by atoms with Crippen molar-refractivity contribution in [2.24, 2.45) is 0 Å². The van der Waals surface area contributed by atoms with Gasteiger partial charge in [-0.05, 0) is 38.2 Å². The zero-order valence-corrected chi connectivity index (χ0v) is 10.6. The molecule has 0 heterocycles. The van der Waals surface area contributed by atoms with E-state index in [9.17, 15) is 9.18 Å². The van der Waals surface area contributed by atoms with Gasteiger partial charge in [0.1, 0.15) is 5.82 Å². The quantitative estimate of drug-likeness (QED) is 0.813. The fourth-order valence-electron chi connectivity index (χ4n) is 1.23. The molecule has 0 unspecified atom stereocenters. The molecule has 0 aliphatic rings. The smallest absolute Gasteiger partial charge is 0.254 e. The van der Waals surface area contributed by atoms with Crippen LogP contribution >= 0.6 is 15.9 Å². The van der Waals surface area contributed by atoms with Gasteiger partial charge in [0.05, 0.1) is 5.56 Å². The second-order valence-electron chi connectivity index (χ2n) is 3.34. The van der Waals surface area contributed by atoms with E-state index in [-0.39, 0.29) is 11.5 Å². The fraction of sp³-hybridized carbons (Fsp3) is 0.364. The highest BCUT2D eigenvalue weighted by Gasteiger charge is 2.10. The van der Waals surface area contributed by atoms with Crippen LogP contribution in [0.2, 0.25) is 0 Å². The van der Waals surface area contributed by atoms with Crippen LogP contribution in [0.25, 0.3) is 0 Å². The molecule has 0 saturated carbocycles. The number of halogens is 2. The minimum atomic E-state index is -0.505. The number of nitrogens with one attached hydrogen (secondary N) is 2. The van der Waals surface area contributed by atoms with Crippen molar-refractivity contribution in [2.45, 2.75) is 6.42 Å². The van der Waals surface area contributed by atoms with Crippen LogP contribution in [0.4, 0.5) is 4.39 Å². The summed E-state index contributed by atoms with van der Waals surface area (Å²) in [4.78, 5) is 11.6. The van der Waals surface area contributed by atoms with Gasteiger partial charge < -0.3 is 10.6 Å². The molecule has 1 rings (SSSR count). The number of hydrogen-bond donors (Lipinski definition) is 2. The van der Waals surface area contributed by atoms with E-state index >= 15 is 0 Å². The summed E-state index contributed by atoms with van der Waals surface area (Å²) < 4.78 is 14.0. The lowest BCUT2D eigenvalue weighted by Gasteiger charge is -2.06. The summed E-state index contributed by atoms with van der Waals surface area (Å²) in [5.74, 6) is -0.885. The SMILES string of the molecule is CNCCCNC(=O)c1cc(Br)ccc1F. The maximum absolute atomic E-state index is 13.3. The molecular formula is C11H14BrFN2O. The van der Waals surface area contributed by atoms with Crippen LogP contribution in [-0.2, 0) is 0 Å². The molecule has 1 amide bonds. The summed E-state index contributed by atoms with van der Waals surface area (Å²) in [6.07, 6.45) is 0.817. The lowest BCUT2D eigenvalue weighted by Crippen LogP contribution is -2.27. The van der Waals surface area contributed by atoms with Gasteiger partial charge in [0.15, 0.2) is 0 Å². The molecule has 5 heteroatoms. The molecule has 1 aromatic rings. The zero-order chi connectivity index (χ0) is 12.0. The third-order valence-electron chi connectivity index (χ3n) is 2.06. The first-order chi connectivity index (χ1) is 7.65. The van der Waals surface area contributed by atoms with E-state index in [0.29, 0.717) is 11.0 Å². The Kier molecular flexibility index (Phi) is 5.42. The lowest BCUT2D eigenvalue weighted by molar-refractivity contribution is 0.0949. The molecule has 3 nitrogen and oxygen atoms in total. The Balaban J connectivity index is 2.55. The van der Waals surface area contributed by atoms with Crippen LogP contribution in [0.3, 0.4) is 0 Å². The van der Waals surface area contributed by atoms with Gasteiger partial charge in [-0.2, -0.15) is 0 Å². The Morgan fingerprint density at radius 3 is 2.88 bits per heavy atom. The van der Waals surface area contributed by atoms with Gasteiger partial charge in [-0.3, -0.25) is 4.79 Å². The van der Waals surface area contributed by atoms with Gasteiger partial charge in [0, 0.05) is 11.0 Å². The van der Waals surface area contributed by atoms with Crippen LogP contribution < -0.4 is 10.6 Å². The first-order valence-corrected chi connectivity index (χ1v) is 5.82. The molecule has 0 aliphatic heterocycles. The van der Waals surface area contributed by atoms with Crippen molar-refractivity contribution >= 4 is 21.8 Å². The molecule has 0 atom stereocenters. The average molecular weight is 289 g/mol. The van der Waals surface area contributed by atoms with E-state index in [2.05, 4.69) is 26.6 Å². The first-order valence-electron chi connectivity index (χ1n) is 5.03. The molecule has 0 radical (unpaired) electrons. The summed E-state index contributed by atoms with van der Waals surface area (Å²) in [6, 6.07) is 4.31. The molecule has 88 valence electrons. The third kappa shape index (κ3) is 3.90. The zero-order valence-electron chi connectivity index (χ0n) is 9.02. The molecule has 0 fully saturated rings. The Morgan fingerprint density at radius 1 is 1.44 bits per heavy atom. The molecule has 1 aromatic carbocycles. The van der Waals surface area contributed by atoms with Crippen molar-refractivity contribution in [3.8, 4) is 0 Å². The van der Waals surface area contributed by atoms with Gasteiger partial charge in [0.25, 0.3) is 5.91 Å². The van der Waals surface area contributed by atoms with Crippen LogP contribution in [0.1, 0.15) is 16.8 Å². The number of benzene rings is 1. The monoisotopic (exact) mass is 288 g/mol. The van der Waals surface area contributed by atoms with Gasteiger partial charge in [0.2, 0.25) is 0 Å². The first kappa shape index (κ1) is 13.1. The molecule has 0 aliphatic carbocycles. The number of rotatable bonds is 5. The van der Waals surface area contributed by atoms with Crippen molar-refractivity contribution in [2.75, 3.05) is 20.1 Å². The summed E-state index contributed by atoms with van der Waals surface area (Å²) in [5, 5.41) is 5.63. The average Bonchev–Trinajstić information content (AvgIpc) is 2.27. The Bertz CT molecular complexity index is 371. The predicted octanol–water partition coefficient (Wildman–Crippen LogP) is 1.93. The highest BCUT2D eigenvalue weighted by Crippen LogP contribution is 2.15. The van der Waals surface area contributed by atoms with Gasteiger partial charge in [-0.1, -0.05) is 15.9 Å². The van der Waals surface area contributed by atoms with Crippen molar-refractivity contribution in [3.05, 3.63) is 34.1 Å². The molecule has 16 heavy (non-hydrogen) atoms. The minimum absolute atomic E-state index is 0.0684. The van der Waals surface area contributed by atoms with Crippen molar-refractivity contribution in [1.29, 1.82) is 0 Å².